The summed E-state index contributed by atoms with van der Waals surface area (Å²) in [6.45, 7) is 1.10. The maximum Gasteiger partial charge on any atom is 0.161 e. The minimum absolute atomic E-state index is 0. The normalized spacial score (nSPS) is 13.5. The molecule has 0 aliphatic heterocycles. The predicted molar refractivity (Wildman–Crippen MR) is 43.7 cm³/mol. The van der Waals surface area contributed by atoms with Crippen LogP contribution >= 0.6 is 0 Å². The van der Waals surface area contributed by atoms with Gasteiger partial charge in [0, 0.05) is 0 Å². The lowest BCUT2D eigenvalue weighted by Gasteiger charge is -2.23. The second-order valence-corrected chi connectivity index (χ2v) is 4.01. The molecule has 82 valence electrons. The summed E-state index contributed by atoms with van der Waals surface area (Å²) in [5.41, 5.74) is 0. The second kappa shape index (κ2) is 7.66. The Morgan fingerprint density at radius 3 is 2.31 bits per heavy atom. The SMILES string of the molecule is C[N+](C)(C)CCOCOS(=O)[O-].[Cl-]. The van der Waals surface area contributed by atoms with Gasteiger partial charge in [0.25, 0.3) is 0 Å². The molecule has 1 atom stereocenters. The molecule has 0 saturated heterocycles. The smallest absolute Gasteiger partial charge is 0.161 e. The van der Waals surface area contributed by atoms with Crippen LogP contribution in [0, 0.1) is 0 Å². The van der Waals surface area contributed by atoms with Gasteiger partial charge in [0.05, 0.1) is 39.1 Å². The largest absolute Gasteiger partial charge is 1.00 e. The van der Waals surface area contributed by atoms with E-state index >= 15 is 0 Å². The fraction of sp³-hybridized carbons (Fsp3) is 1.00. The Labute approximate surface area is 87.5 Å². The highest BCUT2D eigenvalue weighted by Gasteiger charge is 2.05. The molecule has 0 aromatic heterocycles. The first-order valence-electron chi connectivity index (χ1n) is 3.52. The summed E-state index contributed by atoms with van der Waals surface area (Å²) in [6.07, 6.45) is 0. The lowest BCUT2D eigenvalue weighted by Crippen LogP contribution is -3.00. The molecule has 0 saturated carbocycles. The predicted octanol–water partition coefficient (Wildman–Crippen LogP) is -3.52. The van der Waals surface area contributed by atoms with Gasteiger partial charge in [0.15, 0.2) is 6.79 Å². The Balaban J connectivity index is 0. The van der Waals surface area contributed by atoms with Crippen molar-refractivity contribution in [1.29, 1.82) is 0 Å². The van der Waals surface area contributed by atoms with Gasteiger partial charge < -0.3 is 26.2 Å². The topological polar surface area (TPSA) is 58.6 Å². The van der Waals surface area contributed by atoms with Gasteiger partial charge in [-0.05, 0) is 0 Å². The van der Waals surface area contributed by atoms with Gasteiger partial charge in [-0.3, -0.25) is 4.18 Å². The Hall–Kier alpha value is 0.280. The van der Waals surface area contributed by atoms with Crippen LogP contribution in [0.5, 0.6) is 0 Å². The van der Waals surface area contributed by atoms with Gasteiger partial charge in [-0.2, -0.15) is 0 Å². The third-order valence-electron chi connectivity index (χ3n) is 1.13. The molecule has 1 unspecified atom stereocenters. The van der Waals surface area contributed by atoms with E-state index in [1.807, 2.05) is 21.1 Å². The monoisotopic (exact) mass is 232 g/mol. The highest BCUT2D eigenvalue weighted by atomic mass is 35.5. The Bertz CT molecular complexity index is 150. The lowest BCUT2D eigenvalue weighted by atomic mass is 10.5. The number of hydrogen-bond acceptors (Lipinski definition) is 4. The summed E-state index contributed by atoms with van der Waals surface area (Å²) in [7, 11) is 6.07. The third kappa shape index (κ3) is 15.1. The highest BCUT2D eigenvalue weighted by molar-refractivity contribution is 7.74. The van der Waals surface area contributed by atoms with Crippen LogP contribution in [0.2, 0.25) is 0 Å². The van der Waals surface area contributed by atoms with Crippen LogP contribution in [-0.4, -0.2) is 54.3 Å². The minimum atomic E-state index is -2.47. The van der Waals surface area contributed by atoms with Crippen LogP contribution in [0.15, 0.2) is 0 Å². The van der Waals surface area contributed by atoms with Crippen molar-refractivity contribution in [2.75, 3.05) is 41.1 Å². The number of halogens is 1. The van der Waals surface area contributed by atoms with Crippen molar-refractivity contribution in [2.24, 2.45) is 0 Å². The summed E-state index contributed by atoms with van der Waals surface area (Å²) in [5.74, 6) is 0. The Morgan fingerprint density at radius 2 is 1.92 bits per heavy atom. The molecule has 0 aromatic rings. The molecule has 0 heterocycles. The molecule has 0 radical (unpaired) electrons. The van der Waals surface area contributed by atoms with Crippen molar-refractivity contribution in [3.05, 3.63) is 0 Å². The van der Waals surface area contributed by atoms with Crippen LogP contribution in [0.1, 0.15) is 0 Å². The molecular formula is C6H15ClNO4S-. The van der Waals surface area contributed by atoms with Gasteiger partial charge in [-0.1, -0.05) is 0 Å². The first-order chi connectivity index (χ1) is 5.42. The van der Waals surface area contributed by atoms with Crippen LogP contribution < -0.4 is 12.4 Å². The molecule has 0 N–H and O–H groups in total. The van der Waals surface area contributed by atoms with E-state index in [2.05, 4.69) is 4.18 Å². The van der Waals surface area contributed by atoms with Crippen molar-refractivity contribution in [3.63, 3.8) is 0 Å². The van der Waals surface area contributed by atoms with Crippen molar-refractivity contribution in [3.8, 4) is 0 Å². The fourth-order valence-electron chi connectivity index (χ4n) is 0.471. The zero-order chi connectivity index (χ0) is 9.61. The summed E-state index contributed by atoms with van der Waals surface area (Å²) in [5, 5.41) is 0. The molecule has 0 aliphatic carbocycles. The number of hydrogen-bond donors (Lipinski definition) is 0. The molecule has 5 nitrogen and oxygen atoms in total. The molecule has 0 aliphatic rings. The number of likely N-dealkylation sites (N-methyl/N-ethyl adjacent to an activating group) is 1. The standard InChI is InChI=1S/C6H15NO4S.ClH/c1-7(2,3)4-5-10-6-11-12(8)9;/h4-6H2,1-3H3;1H/p-1. The Morgan fingerprint density at radius 1 is 1.38 bits per heavy atom. The number of ether oxygens (including phenoxy) is 1. The molecular weight excluding hydrogens is 218 g/mol. The van der Waals surface area contributed by atoms with Crippen molar-refractivity contribution < 1.29 is 34.6 Å². The van der Waals surface area contributed by atoms with E-state index in [0.29, 0.717) is 6.61 Å². The first-order valence-corrected chi connectivity index (χ1v) is 4.52. The molecule has 0 spiro atoms. The van der Waals surface area contributed by atoms with E-state index in [9.17, 15) is 8.76 Å². The molecule has 7 heteroatoms. The zero-order valence-corrected chi connectivity index (χ0v) is 9.56. The van der Waals surface area contributed by atoms with Crippen LogP contribution in [0.4, 0.5) is 0 Å². The summed E-state index contributed by atoms with van der Waals surface area (Å²) < 4.78 is 29.5. The maximum absolute atomic E-state index is 9.85. The van der Waals surface area contributed by atoms with E-state index in [0.717, 1.165) is 11.0 Å². The zero-order valence-electron chi connectivity index (χ0n) is 7.99. The average Bonchev–Trinajstić information content (AvgIpc) is 1.83. The molecule has 0 fully saturated rings. The second-order valence-electron chi connectivity index (χ2n) is 3.36. The van der Waals surface area contributed by atoms with Crippen molar-refractivity contribution >= 4 is 11.4 Å². The van der Waals surface area contributed by atoms with E-state index in [1.165, 1.54) is 0 Å². The molecule has 0 aromatic carbocycles. The van der Waals surface area contributed by atoms with E-state index in [1.54, 1.807) is 0 Å². The van der Waals surface area contributed by atoms with Crippen LogP contribution in [0.25, 0.3) is 0 Å². The van der Waals surface area contributed by atoms with E-state index in [-0.39, 0.29) is 19.2 Å². The first kappa shape index (κ1) is 15.7. The van der Waals surface area contributed by atoms with E-state index < -0.39 is 11.4 Å². The fourth-order valence-corrected chi connectivity index (χ4v) is 0.617. The van der Waals surface area contributed by atoms with Gasteiger partial charge in [-0.15, -0.1) is 0 Å². The molecule has 0 rings (SSSR count). The molecule has 0 bridgehead atoms. The van der Waals surface area contributed by atoms with Gasteiger partial charge in [0.1, 0.15) is 6.54 Å². The molecule has 0 amide bonds. The van der Waals surface area contributed by atoms with Crippen LogP contribution in [0.3, 0.4) is 0 Å². The van der Waals surface area contributed by atoms with Gasteiger partial charge in [-0.25, -0.2) is 4.21 Å². The summed E-state index contributed by atoms with van der Waals surface area (Å²) in [4.78, 5) is 0. The van der Waals surface area contributed by atoms with E-state index in [4.69, 9.17) is 4.74 Å². The average molecular weight is 233 g/mol. The Kier molecular flexibility index (Phi) is 9.28. The van der Waals surface area contributed by atoms with Crippen LogP contribution in [-0.2, 0) is 20.3 Å². The van der Waals surface area contributed by atoms with Gasteiger partial charge >= 0.3 is 0 Å². The number of quaternary nitrogens is 1. The van der Waals surface area contributed by atoms with Crippen molar-refractivity contribution in [1.82, 2.24) is 0 Å². The van der Waals surface area contributed by atoms with Crippen molar-refractivity contribution in [2.45, 2.75) is 0 Å². The minimum Gasteiger partial charge on any atom is -1.00 e. The third-order valence-corrected chi connectivity index (χ3v) is 1.42. The quantitative estimate of drug-likeness (QED) is 0.206. The summed E-state index contributed by atoms with van der Waals surface area (Å²) in [6, 6.07) is 0. The lowest BCUT2D eigenvalue weighted by molar-refractivity contribution is -0.870. The molecule has 13 heavy (non-hydrogen) atoms. The summed E-state index contributed by atoms with van der Waals surface area (Å²) >= 11 is -2.47. The highest BCUT2D eigenvalue weighted by Crippen LogP contribution is 1.89. The number of rotatable bonds is 6. The van der Waals surface area contributed by atoms with Gasteiger partial charge in [0.2, 0.25) is 0 Å². The number of nitrogens with zero attached hydrogens (tertiary/aromatic N) is 1. The maximum atomic E-state index is 9.85.